The smallest absolute Gasteiger partial charge is 0.160 e. The van der Waals surface area contributed by atoms with E-state index in [4.69, 9.17) is 10.4 Å². The van der Waals surface area contributed by atoms with Crippen LogP contribution in [0.15, 0.2) is 29.2 Å². The fraction of sp³-hybridized carbons (Fsp3) is 0.250. The van der Waals surface area contributed by atoms with Crippen molar-refractivity contribution >= 4 is 22.4 Å². The maximum absolute atomic E-state index is 5.79. The summed E-state index contributed by atoms with van der Waals surface area (Å²) in [7, 11) is 1.90. The zero-order chi connectivity index (χ0) is 13.2. The molecule has 0 fully saturated rings. The summed E-state index contributed by atoms with van der Waals surface area (Å²) in [6, 6.07) is 3.67. The summed E-state index contributed by atoms with van der Waals surface area (Å²) in [5.74, 6) is 0. The number of benzene rings is 1. The van der Waals surface area contributed by atoms with Crippen LogP contribution in [0.25, 0.3) is 11.0 Å². The van der Waals surface area contributed by atoms with Gasteiger partial charge in [-0.1, -0.05) is 0 Å². The van der Waals surface area contributed by atoms with E-state index in [2.05, 4.69) is 20.7 Å². The Morgan fingerprint density at radius 1 is 1.32 bits per heavy atom. The van der Waals surface area contributed by atoms with E-state index in [9.17, 15) is 0 Å². The second-order valence-electron chi connectivity index (χ2n) is 4.36. The molecule has 0 aliphatic heterocycles. The van der Waals surface area contributed by atoms with Gasteiger partial charge in [-0.3, -0.25) is 4.68 Å². The number of nitrogen functional groups attached to an aromatic ring is 1. The van der Waals surface area contributed by atoms with Crippen LogP contribution in [-0.4, -0.2) is 26.6 Å². The third kappa shape index (κ3) is 2.22. The highest BCUT2D eigenvalue weighted by molar-refractivity contribution is 5.94. The summed E-state index contributed by atoms with van der Waals surface area (Å²) in [6.45, 7) is 0.775. The minimum Gasteiger partial charge on any atom is -0.397 e. The number of aryl methyl sites for hydroxylation is 1. The minimum atomic E-state index is 0.564. The van der Waals surface area contributed by atoms with Crippen molar-refractivity contribution in [3.05, 3.63) is 30.1 Å². The normalized spacial score (nSPS) is 11.0. The maximum atomic E-state index is 5.79. The van der Waals surface area contributed by atoms with Gasteiger partial charge in [0.2, 0.25) is 0 Å². The quantitative estimate of drug-likeness (QED) is 0.683. The summed E-state index contributed by atoms with van der Waals surface area (Å²) in [6.07, 6.45) is 4.74. The number of rotatable bonds is 4. The molecule has 0 aliphatic carbocycles. The molecule has 0 bridgehead atoms. The lowest BCUT2D eigenvalue weighted by Gasteiger charge is -2.05. The lowest BCUT2D eigenvalue weighted by atomic mass is 10.2. The number of hydrogen-bond donors (Lipinski definition) is 2. The SMILES string of the molecule is Cn1cc(CCNc2ccc(N)c3nonc23)cn1. The van der Waals surface area contributed by atoms with Crippen LogP contribution in [0.2, 0.25) is 0 Å². The molecule has 0 aliphatic rings. The molecule has 2 heterocycles. The number of fused-ring (bicyclic) bond motifs is 1. The Balaban J connectivity index is 1.72. The lowest BCUT2D eigenvalue weighted by molar-refractivity contribution is 0.316. The Labute approximate surface area is 109 Å². The maximum Gasteiger partial charge on any atom is 0.160 e. The van der Waals surface area contributed by atoms with Crippen LogP contribution >= 0.6 is 0 Å². The van der Waals surface area contributed by atoms with Crippen molar-refractivity contribution in [2.24, 2.45) is 7.05 Å². The van der Waals surface area contributed by atoms with E-state index in [1.165, 1.54) is 5.56 Å². The van der Waals surface area contributed by atoms with Crippen LogP contribution in [0.3, 0.4) is 0 Å². The molecule has 3 rings (SSSR count). The lowest BCUT2D eigenvalue weighted by Crippen LogP contribution is -2.05. The average Bonchev–Trinajstić information content (AvgIpc) is 3.02. The van der Waals surface area contributed by atoms with E-state index in [0.29, 0.717) is 16.7 Å². The Bertz CT molecular complexity index is 701. The van der Waals surface area contributed by atoms with Gasteiger partial charge in [0, 0.05) is 19.8 Å². The van der Waals surface area contributed by atoms with Gasteiger partial charge in [-0.2, -0.15) is 5.10 Å². The van der Waals surface area contributed by atoms with Crippen molar-refractivity contribution in [2.75, 3.05) is 17.6 Å². The molecule has 7 nitrogen and oxygen atoms in total. The molecular weight excluding hydrogens is 244 g/mol. The van der Waals surface area contributed by atoms with E-state index < -0.39 is 0 Å². The molecule has 0 saturated heterocycles. The molecule has 2 aromatic heterocycles. The third-order valence-corrected chi connectivity index (χ3v) is 2.93. The van der Waals surface area contributed by atoms with Crippen molar-refractivity contribution in [1.82, 2.24) is 20.1 Å². The summed E-state index contributed by atoms with van der Waals surface area (Å²) >= 11 is 0. The predicted molar refractivity (Wildman–Crippen MR) is 71.6 cm³/mol. The number of nitrogens with zero attached hydrogens (tertiary/aromatic N) is 4. The van der Waals surface area contributed by atoms with Crippen LogP contribution < -0.4 is 11.1 Å². The number of aromatic nitrogens is 4. The van der Waals surface area contributed by atoms with E-state index in [-0.39, 0.29) is 0 Å². The van der Waals surface area contributed by atoms with E-state index >= 15 is 0 Å². The van der Waals surface area contributed by atoms with Crippen molar-refractivity contribution in [3.63, 3.8) is 0 Å². The topological polar surface area (TPSA) is 94.8 Å². The standard InChI is InChI=1S/C12H14N6O/c1-18-7-8(6-15-18)4-5-14-10-3-2-9(13)11-12(10)17-19-16-11/h2-3,6-7,14H,4-5,13H2,1H3. The number of hydrogen-bond acceptors (Lipinski definition) is 6. The predicted octanol–water partition coefficient (Wildman–Crippen LogP) is 1.19. The number of nitrogens with one attached hydrogen (secondary N) is 1. The largest absolute Gasteiger partial charge is 0.397 e. The van der Waals surface area contributed by atoms with E-state index in [0.717, 1.165) is 18.7 Å². The van der Waals surface area contributed by atoms with Gasteiger partial charge in [-0.05, 0) is 34.4 Å². The molecule has 0 radical (unpaired) electrons. The molecular formula is C12H14N6O. The molecule has 98 valence electrons. The number of nitrogens with two attached hydrogens (primary N) is 1. The van der Waals surface area contributed by atoms with E-state index in [1.54, 1.807) is 10.7 Å². The highest BCUT2D eigenvalue weighted by Crippen LogP contribution is 2.24. The molecule has 0 atom stereocenters. The monoisotopic (exact) mass is 258 g/mol. The van der Waals surface area contributed by atoms with Gasteiger partial charge in [0.05, 0.1) is 17.6 Å². The Kier molecular flexibility index (Phi) is 2.79. The van der Waals surface area contributed by atoms with Crippen LogP contribution in [0.1, 0.15) is 5.56 Å². The molecule has 0 unspecified atom stereocenters. The van der Waals surface area contributed by atoms with Gasteiger partial charge in [0.1, 0.15) is 0 Å². The van der Waals surface area contributed by atoms with Gasteiger partial charge in [0.25, 0.3) is 0 Å². The highest BCUT2D eigenvalue weighted by Gasteiger charge is 2.09. The fourth-order valence-corrected chi connectivity index (χ4v) is 1.97. The summed E-state index contributed by atoms with van der Waals surface area (Å²) in [5.41, 5.74) is 9.65. The first-order valence-electron chi connectivity index (χ1n) is 5.96. The van der Waals surface area contributed by atoms with Gasteiger partial charge in [-0.25, -0.2) is 4.63 Å². The first-order valence-corrected chi connectivity index (χ1v) is 5.96. The minimum absolute atomic E-state index is 0.564. The van der Waals surface area contributed by atoms with Crippen molar-refractivity contribution < 1.29 is 4.63 Å². The van der Waals surface area contributed by atoms with Crippen molar-refractivity contribution in [1.29, 1.82) is 0 Å². The zero-order valence-electron chi connectivity index (χ0n) is 10.5. The molecule has 19 heavy (non-hydrogen) atoms. The highest BCUT2D eigenvalue weighted by atomic mass is 16.6. The summed E-state index contributed by atoms with van der Waals surface area (Å²) in [4.78, 5) is 0. The van der Waals surface area contributed by atoms with E-state index in [1.807, 2.05) is 25.5 Å². The second-order valence-corrected chi connectivity index (χ2v) is 4.36. The molecule has 3 N–H and O–H groups in total. The first-order chi connectivity index (χ1) is 9.24. The van der Waals surface area contributed by atoms with Crippen LogP contribution in [-0.2, 0) is 13.5 Å². The molecule has 7 heteroatoms. The van der Waals surface area contributed by atoms with Gasteiger partial charge >= 0.3 is 0 Å². The van der Waals surface area contributed by atoms with Gasteiger partial charge in [0.15, 0.2) is 11.0 Å². The molecule has 0 spiro atoms. The Morgan fingerprint density at radius 3 is 2.95 bits per heavy atom. The third-order valence-electron chi connectivity index (χ3n) is 2.93. The molecule has 0 saturated carbocycles. The van der Waals surface area contributed by atoms with Gasteiger partial charge in [-0.15, -0.1) is 0 Å². The zero-order valence-corrected chi connectivity index (χ0v) is 10.5. The second kappa shape index (κ2) is 4.60. The van der Waals surface area contributed by atoms with Crippen molar-refractivity contribution in [3.8, 4) is 0 Å². The summed E-state index contributed by atoms with van der Waals surface area (Å²) < 4.78 is 6.51. The first kappa shape index (κ1) is 11.5. The Morgan fingerprint density at radius 2 is 2.16 bits per heavy atom. The average molecular weight is 258 g/mol. The van der Waals surface area contributed by atoms with Crippen LogP contribution in [0.5, 0.6) is 0 Å². The Hall–Kier alpha value is -2.57. The van der Waals surface area contributed by atoms with Crippen LogP contribution in [0.4, 0.5) is 11.4 Å². The molecule has 1 aromatic carbocycles. The van der Waals surface area contributed by atoms with Crippen LogP contribution in [0, 0.1) is 0 Å². The summed E-state index contributed by atoms with van der Waals surface area (Å²) in [5, 5.41) is 15.1. The number of anilines is 2. The fourth-order valence-electron chi connectivity index (χ4n) is 1.97. The van der Waals surface area contributed by atoms with Gasteiger partial charge < -0.3 is 11.1 Å². The molecule has 3 aromatic rings. The molecule has 0 amide bonds. The van der Waals surface area contributed by atoms with Crippen molar-refractivity contribution in [2.45, 2.75) is 6.42 Å².